The van der Waals surface area contributed by atoms with Gasteiger partial charge in [-0.1, -0.05) is 0 Å². The van der Waals surface area contributed by atoms with Crippen LogP contribution in [0.25, 0.3) is 0 Å². The van der Waals surface area contributed by atoms with Crippen molar-refractivity contribution in [3.8, 4) is 0 Å². The van der Waals surface area contributed by atoms with Crippen molar-refractivity contribution < 1.29 is 18.0 Å². The van der Waals surface area contributed by atoms with Gasteiger partial charge in [-0.05, 0) is 13.8 Å². The van der Waals surface area contributed by atoms with E-state index in [1.54, 1.807) is 13.8 Å². The van der Waals surface area contributed by atoms with Gasteiger partial charge < -0.3 is 5.11 Å². The fraction of sp³-hybridized carbons (Fsp3) is 1.00. The fourth-order valence-electron chi connectivity index (χ4n) is 0. The Kier molecular flexibility index (Phi) is 15.8. The second-order valence-corrected chi connectivity index (χ2v) is 2.86. The van der Waals surface area contributed by atoms with Gasteiger partial charge in [0.05, 0.1) is 0 Å². The molecular formula is C3H8Cl2CoO. The van der Waals surface area contributed by atoms with Crippen LogP contribution in [0, 0.1) is 0 Å². The van der Waals surface area contributed by atoms with Crippen molar-refractivity contribution in [2.45, 2.75) is 20.0 Å². The first-order valence-corrected chi connectivity index (χ1v) is 4.53. The third-order valence-electron chi connectivity index (χ3n) is 0. The summed E-state index contributed by atoms with van der Waals surface area (Å²) in [5.41, 5.74) is 0. The molecule has 0 aliphatic carbocycles. The van der Waals surface area contributed by atoms with Crippen LogP contribution in [0.2, 0.25) is 0 Å². The minimum absolute atomic E-state index is 0.167. The van der Waals surface area contributed by atoms with Crippen LogP contribution in [0.5, 0.6) is 0 Å². The first-order valence-electron chi connectivity index (χ1n) is 1.66. The van der Waals surface area contributed by atoms with Crippen molar-refractivity contribution >= 4 is 20.3 Å². The van der Waals surface area contributed by atoms with E-state index in [2.05, 4.69) is 0 Å². The summed E-state index contributed by atoms with van der Waals surface area (Å²) in [7, 11) is 9.47. The van der Waals surface area contributed by atoms with Gasteiger partial charge >= 0.3 is 33.2 Å². The second-order valence-electron chi connectivity index (χ2n) is 1.14. The van der Waals surface area contributed by atoms with Gasteiger partial charge in [0.1, 0.15) is 0 Å². The summed E-state index contributed by atoms with van der Waals surface area (Å²) in [5, 5.41) is 8.06. The van der Waals surface area contributed by atoms with E-state index >= 15 is 0 Å². The third-order valence-corrected chi connectivity index (χ3v) is 0. The molecule has 0 saturated carbocycles. The Morgan fingerprint density at radius 2 is 1.43 bits per heavy atom. The molecule has 0 saturated heterocycles. The van der Waals surface area contributed by atoms with Crippen LogP contribution in [-0.2, 0) is 12.9 Å². The van der Waals surface area contributed by atoms with E-state index in [1.807, 2.05) is 0 Å². The summed E-state index contributed by atoms with van der Waals surface area (Å²) in [6.07, 6.45) is -0.167. The van der Waals surface area contributed by atoms with Crippen LogP contribution >= 0.6 is 20.3 Å². The molecule has 4 heteroatoms. The summed E-state index contributed by atoms with van der Waals surface area (Å²) >= 11 is 0.382. The van der Waals surface area contributed by atoms with Crippen molar-refractivity contribution in [1.82, 2.24) is 0 Å². The Labute approximate surface area is 58.5 Å². The molecule has 0 unspecified atom stereocenters. The van der Waals surface area contributed by atoms with E-state index in [4.69, 9.17) is 25.4 Å². The van der Waals surface area contributed by atoms with Gasteiger partial charge in [-0.25, -0.2) is 0 Å². The maximum absolute atomic E-state index is 8.06. The molecule has 1 nitrogen and oxygen atoms in total. The molecule has 0 aromatic rings. The maximum atomic E-state index is 8.06. The molecule has 0 atom stereocenters. The van der Waals surface area contributed by atoms with Gasteiger partial charge in [-0.3, -0.25) is 0 Å². The molecule has 0 aliphatic rings. The Balaban J connectivity index is 0. The first kappa shape index (κ1) is 10.9. The molecule has 0 rings (SSSR count). The van der Waals surface area contributed by atoms with E-state index in [1.165, 1.54) is 0 Å². The van der Waals surface area contributed by atoms with E-state index in [0.29, 0.717) is 12.9 Å². The third kappa shape index (κ3) is 164. The molecule has 0 amide bonds. The van der Waals surface area contributed by atoms with Crippen LogP contribution in [0.4, 0.5) is 0 Å². The number of aliphatic hydroxyl groups excluding tert-OH is 1. The van der Waals surface area contributed by atoms with Crippen LogP contribution in [0.1, 0.15) is 13.8 Å². The fourth-order valence-corrected chi connectivity index (χ4v) is 0. The van der Waals surface area contributed by atoms with E-state index in [0.717, 1.165) is 0 Å². The molecule has 49 valence electrons. The Hall–Kier alpha value is 1.05. The van der Waals surface area contributed by atoms with Crippen molar-refractivity contribution in [1.29, 1.82) is 0 Å². The van der Waals surface area contributed by atoms with Gasteiger partial charge in [0.25, 0.3) is 0 Å². The molecule has 0 aromatic carbocycles. The zero-order valence-corrected chi connectivity index (χ0v) is 6.67. The van der Waals surface area contributed by atoms with Crippen LogP contribution in [0.15, 0.2) is 0 Å². The van der Waals surface area contributed by atoms with Crippen molar-refractivity contribution in [2.75, 3.05) is 0 Å². The van der Waals surface area contributed by atoms with Crippen molar-refractivity contribution in [3.05, 3.63) is 0 Å². The summed E-state index contributed by atoms with van der Waals surface area (Å²) < 4.78 is 0. The predicted octanol–water partition coefficient (Wildman–Crippen LogP) is 1.76. The van der Waals surface area contributed by atoms with Gasteiger partial charge in [-0.15, -0.1) is 0 Å². The second kappa shape index (κ2) is 10.1. The monoisotopic (exact) mass is 189 g/mol. The van der Waals surface area contributed by atoms with Gasteiger partial charge in [0.15, 0.2) is 0 Å². The SMILES string of the molecule is CC(C)O.[Cl][Co][Cl]. The van der Waals surface area contributed by atoms with Crippen LogP contribution in [-0.4, -0.2) is 11.2 Å². The topological polar surface area (TPSA) is 20.2 Å². The molecule has 0 spiro atoms. The number of aliphatic hydroxyl groups is 1. The Bertz CT molecular complexity index is 24.1. The first-order chi connectivity index (χ1) is 3.15. The molecule has 0 heterocycles. The number of halogens is 2. The number of rotatable bonds is 0. The summed E-state index contributed by atoms with van der Waals surface area (Å²) in [4.78, 5) is 0. The molecular weight excluding hydrogens is 182 g/mol. The number of hydrogen-bond donors (Lipinski definition) is 1. The zero-order chi connectivity index (χ0) is 6.28. The van der Waals surface area contributed by atoms with Crippen molar-refractivity contribution in [2.24, 2.45) is 0 Å². The molecule has 0 radical (unpaired) electrons. The molecule has 0 fully saturated rings. The number of hydrogen-bond acceptors (Lipinski definition) is 1. The zero-order valence-electron chi connectivity index (χ0n) is 4.11. The molecule has 0 bridgehead atoms. The van der Waals surface area contributed by atoms with Crippen molar-refractivity contribution in [3.63, 3.8) is 0 Å². The molecule has 0 aliphatic heterocycles. The summed E-state index contributed by atoms with van der Waals surface area (Å²) in [6, 6.07) is 0. The van der Waals surface area contributed by atoms with E-state index < -0.39 is 0 Å². The van der Waals surface area contributed by atoms with Crippen LogP contribution in [0.3, 0.4) is 0 Å². The molecule has 1 N–H and O–H groups in total. The average molecular weight is 190 g/mol. The molecule has 7 heavy (non-hydrogen) atoms. The Morgan fingerprint density at radius 1 is 1.43 bits per heavy atom. The van der Waals surface area contributed by atoms with E-state index in [9.17, 15) is 0 Å². The Morgan fingerprint density at radius 3 is 1.43 bits per heavy atom. The quantitative estimate of drug-likeness (QED) is 0.616. The van der Waals surface area contributed by atoms with Gasteiger partial charge in [0, 0.05) is 6.10 Å². The predicted molar refractivity (Wildman–Crippen MR) is 29.1 cm³/mol. The summed E-state index contributed by atoms with van der Waals surface area (Å²) in [6.45, 7) is 3.44. The minimum atomic E-state index is -0.167. The van der Waals surface area contributed by atoms with Gasteiger partial charge in [-0.2, -0.15) is 0 Å². The van der Waals surface area contributed by atoms with Gasteiger partial charge in [0.2, 0.25) is 0 Å². The normalized spacial score (nSPS) is 8.29. The standard InChI is InChI=1S/C3H8O.2ClH.Co/c1-3(2)4;;;/h3-4H,1-2H3;2*1H;/q;;;+2/p-2. The van der Waals surface area contributed by atoms with E-state index in [-0.39, 0.29) is 6.10 Å². The molecule has 0 aromatic heterocycles. The average Bonchev–Trinajstić information content (AvgIpc) is 1.33. The summed E-state index contributed by atoms with van der Waals surface area (Å²) in [5.74, 6) is 0. The van der Waals surface area contributed by atoms with Crippen LogP contribution < -0.4 is 0 Å².